The van der Waals surface area contributed by atoms with Gasteiger partial charge in [0.1, 0.15) is 5.60 Å². The third-order valence-corrected chi connectivity index (χ3v) is 3.77. The van der Waals surface area contributed by atoms with Crippen molar-refractivity contribution >= 4 is 6.09 Å². The number of ether oxygens (including phenoxy) is 1. The van der Waals surface area contributed by atoms with Crippen LogP contribution in [-0.2, 0) is 9.57 Å². The Balaban J connectivity index is 3.04. The van der Waals surface area contributed by atoms with Crippen LogP contribution in [0.1, 0.15) is 40.5 Å². The van der Waals surface area contributed by atoms with Gasteiger partial charge in [-0.3, -0.25) is 9.74 Å². The first-order valence-electron chi connectivity index (χ1n) is 8.27. The lowest BCUT2D eigenvalue weighted by Crippen LogP contribution is -2.53. The number of rotatable bonds is 6. The van der Waals surface area contributed by atoms with E-state index in [1.165, 1.54) is 0 Å². The molecule has 6 nitrogen and oxygen atoms in total. The van der Waals surface area contributed by atoms with E-state index < -0.39 is 5.60 Å². The molecule has 0 saturated carbocycles. The smallest absolute Gasteiger partial charge is 0.410 e. The van der Waals surface area contributed by atoms with Crippen LogP contribution in [0, 0.1) is 11.3 Å². The summed E-state index contributed by atoms with van der Waals surface area (Å²) in [5.41, 5.74) is 0.419. The highest BCUT2D eigenvalue weighted by Gasteiger charge is 2.35. The zero-order valence-electron chi connectivity index (χ0n) is 15.4. The van der Waals surface area contributed by atoms with E-state index in [4.69, 9.17) is 14.8 Å². The monoisotopic (exact) mass is 335 g/mol. The van der Waals surface area contributed by atoms with Crippen molar-refractivity contribution in [2.45, 2.75) is 58.2 Å². The Hall–Kier alpha value is -1.84. The SMILES string of the molecule is C=CCON(C)[C@H]1CN(C(=O)OC(C)(C)C)[C@H](CC)C=C1CC#N. The molecule has 0 saturated heterocycles. The molecule has 0 bridgehead atoms. The predicted molar refractivity (Wildman–Crippen MR) is 93.0 cm³/mol. The number of nitriles is 1. The molecule has 134 valence electrons. The molecule has 6 heteroatoms. The summed E-state index contributed by atoms with van der Waals surface area (Å²) < 4.78 is 5.53. The van der Waals surface area contributed by atoms with E-state index in [2.05, 4.69) is 12.6 Å². The van der Waals surface area contributed by atoms with Crippen molar-refractivity contribution in [3.05, 3.63) is 24.3 Å². The molecule has 1 heterocycles. The molecule has 1 amide bonds. The Bertz CT molecular complexity index is 517. The Labute approximate surface area is 145 Å². The molecule has 0 aliphatic carbocycles. The maximum atomic E-state index is 12.6. The largest absolute Gasteiger partial charge is 0.444 e. The Morgan fingerprint density at radius 1 is 1.58 bits per heavy atom. The van der Waals surface area contributed by atoms with Gasteiger partial charge in [-0.1, -0.05) is 19.1 Å². The van der Waals surface area contributed by atoms with Crippen LogP contribution in [0.3, 0.4) is 0 Å². The minimum atomic E-state index is -0.549. The van der Waals surface area contributed by atoms with Crippen LogP contribution in [0.5, 0.6) is 0 Å². The van der Waals surface area contributed by atoms with E-state index in [0.29, 0.717) is 19.6 Å². The Morgan fingerprint density at radius 2 is 2.25 bits per heavy atom. The Kier molecular flexibility index (Phi) is 7.46. The third kappa shape index (κ3) is 5.66. The van der Waals surface area contributed by atoms with Crippen LogP contribution in [0.2, 0.25) is 0 Å². The normalized spacial score (nSPS) is 21.2. The van der Waals surface area contributed by atoms with Crippen molar-refractivity contribution in [1.82, 2.24) is 9.96 Å². The van der Waals surface area contributed by atoms with Crippen molar-refractivity contribution in [2.75, 3.05) is 20.2 Å². The van der Waals surface area contributed by atoms with Crippen molar-refractivity contribution in [2.24, 2.45) is 0 Å². The summed E-state index contributed by atoms with van der Waals surface area (Å²) >= 11 is 0. The summed E-state index contributed by atoms with van der Waals surface area (Å²) in [6.07, 6.45) is 4.38. The van der Waals surface area contributed by atoms with E-state index in [1.54, 1.807) is 23.1 Å². The second kappa shape index (κ2) is 8.86. The highest BCUT2D eigenvalue weighted by molar-refractivity contribution is 5.69. The first-order valence-corrected chi connectivity index (χ1v) is 8.27. The molecule has 2 atom stereocenters. The summed E-state index contributed by atoms with van der Waals surface area (Å²) in [4.78, 5) is 19.9. The second-order valence-corrected chi connectivity index (χ2v) is 6.83. The van der Waals surface area contributed by atoms with Gasteiger partial charge in [-0.05, 0) is 32.8 Å². The molecule has 1 aliphatic heterocycles. The van der Waals surface area contributed by atoms with Crippen molar-refractivity contribution in [1.29, 1.82) is 5.26 Å². The van der Waals surface area contributed by atoms with Gasteiger partial charge >= 0.3 is 6.09 Å². The van der Waals surface area contributed by atoms with Crippen molar-refractivity contribution < 1.29 is 14.4 Å². The van der Waals surface area contributed by atoms with E-state index in [-0.39, 0.29) is 18.2 Å². The first kappa shape index (κ1) is 20.2. The molecule has 0 fully saturated rings. The lowest BCUT2D eigenvalue weighted by Gasteiger charge is -2.41. The van der Waals surface area contributed by atoms with E-state index >= 15 is 0 Å². The van der Waals surface area contributed by atoms with Gasteiger partial charge in [0.2, 0.25) is 0 Å². The zero-order valence-corrected chi connectivity index (χ0v) is 15.4. The maximum Gasteiger partial charge on any atom is 0.410 e. The molecule has 0 unspecified atom stereocenters. The van der Waals surface area contributed by atoms with Gasteiger partial charge in [0.05, 0.1) is 31.2 Å². The first-order chi connectivity index (χ1) is 11.2. The fourth-order valence-electron chi connectivity index (χ4n) is 2.63. The van der Waals surface area contributed by atoms with E-state index in [1.807, 2.05) is 33.8 Å². The number of amides is 1. The Morgan fingerprint density at radius 3 is 2.75 bits per heavy atom. The number of hydroxylamine groups is 2. The molecule has 0 aromatic heterocycles. The molecule has 0 N–H and O–H groups in total. The third-order valence-electron chi connectivity index (χ3n) is 3.77. The van der Waals surface area contributed by atoms with Gasteiger partial charge in [-0.15, -0.1) is 6.58 Å². The highest BCUT2D eigenvalue weighted by atomic mass is 16.7. The molecule has 1 rings (SSSR count). The topological polar surface area (TPSA) is 65.8 Å². The summed E-state index contributed by atoms with van der Waals surface area (Å²) in [7, 11) is 1.80. The van der Waals surface area contributed by atoms with Crippen LogP contribution < -0.4 is 0 Å². The standard InChI is InChI=1S/C18H29N3O3/c1-7-11-23-20(6)16-13-21(17(22)24-18(3,4)5)15(8-2)12-14(16)9-10-19/h7,12,15-16H,1,8-9,11,13H2,2-6H3/t15-,16+/m1/s1. The van der Waals surface area contributed by atoms with Gasteiger partial charge in [-0.25, -0.2) is 4.79 Å². The molecule has 24 heavy (non-hydrogen) atoms. The molecule has 0 aromatic rings. The maximum absolute atomic E-state index is 12.6. The molecule has 1 aliphatic rings. The summed E-state index contributed by atoms with van der Waals surface area (Å²) in [5, 5.41) is 10.8. The van der Waals surface area contributed by atoms with Gasteiger partial charge in [0, 0.05) is 13.6 Å². The van der Waals surface area contributed by atoms with E-state index in [0.717, 1.165) is 12.0 Å². The predicted octanol–water partition coefficient (Wildman–Crippen LogP) is 3.27. The average Bonchev–Trinajstić information content (AvgIpc) is 2.50. The summed E-state index contributed by atoms with van der Waals surface area (Å²) in [6, 6.07) is 1.94. The van der Waals surface area contributed by atoms with Crippen LogP contribution in [0.4, 0.5) is 4.79 Å². The van der Waals surface area contributed by atoms with Crippen molar-refractivity contribution in [3.8, 4) is 6.07 Å². The molecule has 0 spiro atoms. The zero-order chi connectivity index (χ0) is 18.3. The van der Waals surface area contributed by atoms with Crippen LogP contribution in [0.15, 0.2) is 24.3 Å². The molecule has 0 radical (unpaired) electrons. The van der Waals surface area contributed by atoms with Crippen LogP contribution in [-0.4, -0.2) is 53.9 Å². The van der Waals surface area contributed by atoms with Gasteiger partial charge in [-0.2, -0.15) is 10.3 Å². The van der Waals surface area contributed by atoms with E-state index in [9.17, 15) is 4.79 Å². The van der Waals surface area contributed by atoms with Crippen LogP contribution in [0.25, 0.3) is 0 Å². The number of likely N-dealkylation sites (N-methyl/N-ethyl adjacent to an activating group) is 1. The fraction of sp³-hybridized carbons (Fsp3) is 0.667. The quantitative estimate of drug-likeness (QED) is 0.550. The van der Waals surface area contributed by atoms with Gasteiger partial charge in [0.25, 0.3) is 0 Å². The fourth-order valence-corrected chi connectivity index (χ4v) is 2.63. The minimum Gasteiger partial charge on any atom is -0.444 e. The summed E-state index contributed by atoms with van der Waals surface area (Å²) in [6.45, 7) is 12.0. The number of hydrogen-bond acceptors (Lipinski definition) is 5. The van der Waals surface area contributed by atoms with Crippen LogP contribution >= 0.6 is 0 Å². The van der Waals surface area contributed by atoms with Crippen molar-refractivity contribution in [3.63, 3.8) is 0 Å². The molecular weight excluding hydrogens is 306 g/mol. The van der Waals surface area contributed by atoms with Gasteiger partial charge in [0.15, 0.2) is 0 Å². The second-order valence-electron chi connectivity index (χ2n) is 6.83. The average molecular weight is 335 g/mol. The molecular formula is C18H29N3O3. The van der Waals surface area contributed by atoms with Gasteiger partial charge < -0.3 is 4.74 Å². The number of carbonyl (C=O) groups excluding carboxylic acids is 1. The lowest BCUT2D eigenvalue weighted by atomic mass is 9.94. The number of carbonyl (C=O) groups is 1. The number of nitrogens with zero attached hydrogens (tertiary/aromatic N) is 3. The lowest BCUT2D eigenvalue weighted by molar-refractivity contribution is -0.154. The number of hydrogen-bond donors (Lipinski definition) is 0. The minimum absolute atomic E-state index is 0.0766. The highest BCUT2D eigenvalue weighted by Crippen LogP contribution is 2.26. The summed E-state index contributed by atoms with van der Waals surface area (Å²) in [5.74, 6) is 0. The molecule has 0 aromatic carbocycles.